The minimum absolute atomic E-state index is 0.178. The van der Waals surface area contributed by atoms with E-state index >= 15 is 0 Å². The molecule has 0 saturated carbocycles. The van der Waals surface area contributed by atoms with Gasteiger partial charge in [0.25, 0.3) is 0 Å². The molecule has 0 amide bonds. The topological polar surface area (TPSA) is 26.3 Å². The molecule has 2 aliphatic rings. The number of hydrogen-bond donors (Lipinski definition) is 0. The maximum Gasteiger partial charge on any atom is 0.159 e. The van der Waals surface area contributed by atoms with Crippen molar-refractivity contribution in [3.63, 3.8) is 0 Å². The van der Waals surface area contributed by atoms with Gasteiger partial charge in [0.1, 0.15) is 0 Å². The highest BCUT2D eigenvalue weighted by molar-refractivity contribution is 5.95. The fourth-order valence-electron chi connectivity index (χ4n) is 1.64. The lowest BCUT2D eigenvalue weighted by Gasteiger charge is -2.07. The lowest BCUT2D eigenvalue weighted by atomic mass is 9.95. The Labute approximate surface area is 59.9 Å². The molecule has 2 heteroatoms. The van der Waals surface area contributed by atoms with Gasteiger partial charge < -0.3 is 4.74 Å². The van der Waals surface area contributed by atoms with Crippen LogP contribution in [0.25, 0.3) is 0 Å². The molecule has 1 fully saturated rings. The van der Waals surface area contributed by atoms with Crippen LogP contribution in [0.2, 0.25) is 0 Å². The number of carbonyl (C=O) groups is 1. The first-order chi connectivity index (χ1) is 4.79. The Kier molecular flexibility index (Phi) is 1.17. The third-order valence-electron chi connectivity index (χ3n) is 2.42. The van der Waals surface area contributed by atoms with E-state index in [-0.39, 0.29) is 11.7 Å². The second kappa shape index (κ2) is 1.92. The Morgan fingerprint density at radius 3 is 3.20 bits per heavy atom. The van der Waals surface area contributed by atoms with Crippen LogP contribution < -0.4 is 0 Å². The first-order valence-electron chi connectivity index (χ1n) is 3.61. The van der Waals surface area contributed by atoms with Crippen LogP contribution in [0, 0.1) is 11.8 Å². The van der Waals surface area contributed by atoms with E-state index < -0.39 is 0 Å². The van der Waals surface area contributed by atoms with Crippen molar-refractivity contribution < 1.29 is 9.53 Å². The third-order valence-corrected chi connectivity index (χ3v) is 2.42. The predicted octanol–water partition coefficient (Wildman–Crippen LogP) is 0.778. The van der Waals surface area contributed by atoms with Gasteiger partial charge >= 0.3 is 0 Å². The Hall–Kier alpha value is -0.630. The maximum atomic E-state index is 11.1. The van der Waals surface area contributed by atoms with Crippen molar-refractivity contribution in [2.75, 3.05) is 13.2 Å². The molecule has 10 heavy (non-hydrogen) atoms. The smallest absolute Gasteiger partial charge is 0.159 e. The van der Waals surface area contributed by atoms with Crippen molar-refractivity contribution in [1.82, 2.24) is 0 Å². The summed E-state index contributed by atoms with van der Waals surface area (Å²) >= 11 is 0. The van der Waals surface area contributed by atoms with Crippen LogP contribution in [-0.4, -0.2) is 19.0 Å². The van der Waals surface area contributed by atoms with E-state index in [1.54, 1.807) is 6.08 Å². The van der Waals surface area contributed by atoms with Crippen LogP contribution in [0.4, 0.5) is 0 Å². The van der Waals surface area contributed by atoms with E-state index in [0.29, 0.717) is 12.5 Å². The predicted molar refractivity (Wildman–Crippen MR) is 36.6 cm³/mol. The molecule has 1 aliphatic carbocycles. The number of fused-ring (bicyclic) bond motifs is 1. The summed E-state index contributed by atoms with van der Waals surface area (Å²) in [5.41, 5.74) is 1.21. The first-order valence-corrected chi connectivity index (χ1v) is 3.61. The monoisotopic (exact) mass is 138 g/mol. The largest absolute Gasteiger partial charge is 0.376 e. The Morgan fingerprint density at radius 2 is 2.50 bits per heavy atom. The number of hydrogen-bond acceptors (Lipinski definition) is 2. The van der Waals surface area contributed by atoms with Crippen LogP contribution in [-0.2, 0) is 9.53 Å². The Bertz CT molecular complexity index is 205. The summed E-state index contributed by atoms with van der Waals surface area (Å²) in [6, 6.07) is 0. The SMILES string of the molecule is C[C@H]1C(=O)C=C2COC[C@@H]21. The molecule has 0 aromatic rings. The molecular formula is C8H10O2. The van der Waals surface area contributed by atoms with Crippen molar-refractivity contribution in [3.8, 4) is 0 Å². The highest BCUT2D eigenvalue weighted by atomic mass is 16.5. The first kappa shape index (κ1) is 6.10. The van der Waals surface area contributed by atoms with Gasteiger partial charge in [-0.05, 0) is 11.6 Å². The maximum absolute atomic E-state index is 11.1. The summed E-state index contributed by atoms with van der Waals surface area (Å²) in [5, 5.41) is 0. The van der Waals surface area contributed by atoms with Crippen molar-refractivity contribution in [3.05, 3.63) is 11.6 Å². The van der Waals surface area contributed by atoms with Gasteiger partial charge in [-0.2, -0.15) is 0 Å². The van der Waals surface area contributed by atoms with Gasteiger partial charge in [0.05, 0.1) is 13.2 Å². The zero-order valence-corrected chi connectivity index (χ0v) is 5.96. The molecular weight excluding hydrogens is 128 g/mol. The Morgan fingerprint density at radius 1 is 1.70 bits per heavy atom. The fourth-order valence-corrected chi connectivity index (χ4v) is 1.64. The molecule has 0 unspecified atom stereocenters. The molecule has 54 valence electrons. The van der Waals surface area contributed by atoms with Crippen LogP contribution in [0.15, 0.2) is 11.6 Å². The molecule has 0 N–H and O–H groups in total. The lowest BCUT2D eigenvalue weighted by molar-refractivity contribution is -0.118. The molecule has 0 spiro atoms. The number of allylic oxidation sites excluding steroid dienone is 1. The average Bonchev–Trinajstić information content (AvgIpc) is 2.41. The summed E-state index contributed by atoms with van der Waals surface area (Å²) in [7, 11) is 0. The minimum Gasteiger partial charge on any atom is -0.376 e. The highest BCUT2D eigenvalue weighted by Gasteiger charge is 2.36. The molecule has 2 atom stereocenters. The zero-order chi connectivity index (χ0) is 7.14. The molecule has 1 saturated heterocycles. The van der Waals surface area contributed by atoms with Gasteiger partial charge in [0.15, 0.2) is 5.78 Å². The number of rotatable bonds is 0. The second-order valence-corrected chi connectivity index (χ2v) is 3.03. The summed E-state index contributed by atoms with van der Waals surface area (Å²) < 4.78 is 5.21. The van der Waals surface area contributed by atoms with Gasteiger partial charge in [-0.25, -0.2) is 0 Å². The van der Waals surface area contributed by atoms with Crippen LogP contribution in [0.3, 0.4) is 0 Å². The van der Waals surface area contributed by atoms with Gasteiger partial charge in [0, 0.05) is 11.8 Å². The third kappa shape index (κ3) is 0.655. The van der Waals surface area contributed by atoms with E-state index in [0.717, 1.165) is 6.61 Å². The molecule has 0 aromatic heterocycles. The molecule has 0 bridgehead atoms. The van der Waals surface area contributed by atoms with Crippen molar-refractivity contribution in [1.29, 1.82) is 0 Å². The minimum atomic E-state index is 0.178. The molecule has 1 aliphatic heterocycles. The number of carbonyl (C=O) groups excluding carboxylic acids is 1. The van der Waals surface area contributed by atoms with E-state index in [9.17, 15) is 4.79 Å². The molecule has 0 aromatic carbocycles. The second-order valence-electron chi connectivity index (χ2n) is 3.03. The van der Waals surface area contributed by atoms with Crippen LogP contribution in [0.5, 0.6) is 0 Å². The van der Waals surface area contributed by atoms with Gasteiger partial charge in [0.2, 0.25) is 0 Å². The molecule has 1 heterocycles. The highest BCUT2D eigenvalue weighted by Crippen LogP contribution is 2.33. The van der Waals surface area contributed by atoms with Crippen molar-refractivity contribution in [2.24, 2.45) is 11.8 Å². The molecule has 0 radical (unpaired) electrons. The van der Waals surface area contributed by atoms with E-state index in [2.05, 4.69) is 0 Å². The van der Waals surface area contributed by atoms with E-state index in [1.807, 2.05) is 6.92 Å². The van der Waals surface area contributed by atoms with Crippen molar-refractivity contribution in [2.45, 2.75) is 6.92 Å². The van der Waals surface area contributed by atoms with Crippen LogP contribution in [0.1, 0.15) is 6.92 Å². The standard InChI is InChI=1S/C8H10O2/c1-5-7-4-10-3-6(7)2-8(5)9/h2,5,7H,3-4H2,1H3/t5-,7-/m1/s1. The van der Waals surface area contributed by atoms with Crippen LogP contribution >= 0.6 is 0 Å². The quantitative estimate of drug-likeness (QED) is 0.494. The summed E-state index contributed by atoms with van der Waals surface area (Å²) in [5.74, 6) is 0.869. The number of ketones is 1. The van der Waals surface area contributed by atoms with Gasteiger partial charge in [-0.3, -0.25) is 4.79 Å². The molecule has 2 nitrogen and oxygen atoms in total. The zero-order valence-electron chi connectivity index (χ0n) is 5.96. The summed E-state index contributed by atoms with van der Waals surface area (Å²) in [4.78, 5) is 11.1. The van der Waals surface area contributed by atoms with Crippen molar-refractivity contribution >= 4 is 5.78 Å². The summed E-state index contributed by atoms with van der Waals surface area (Å²) in [6.45, 7) is 3.41. The van der Waals surface area contributed by atoms with Gasteiger partial charge in [-0.15, -0.1) is 0 Å². The fraction of sp³-hybridized carbons (Fsp3) is 0.625. The molecule has 2 rings (SSSR count). The Balaban J connectivity index is 2.30. The lowest BCUT2D eigenvalue weighted by Crippen LogP contribution is -2.13. The van der Waals surface area contributed by atoms with E-state index in [4.69, 9.17) is 4.74 Å². The van der Waals surface area contributed by atoms with Gasteiger partial charge in [-0.1, -0.05) is 6.92 Å². The van der Waals surface area contributed by atoms with E-state index in [1.165, 1.54) is 5.57 Å². The number of ether oxygens (including phenoxy) is 1. The summed E-state index contributed by atoms with van der Waals surface area (Å²) in [6.07, 6.45) is 1.75. The average molecular weight is 138 g/mol. The normalized spacial score (nSPS) is 38.1.